The number of esters is 1. The number of alkyl carbamates (subject to hydrolysis) is 1. The smallest absolute Gasteiger partial charge is 0.407 e. The lowest BCUT2D eigenvalue weighted by Crippen LogP contribution is -2.36. The number of carbonyl (C=O) groups is 2. The first-order chi connectivity index (χ1) is 16.2. The SMILES string of the molecule is CCOC(=O)c1cnn(-c2cccc([C@@H]3CCC[C@H](CNC(=O)OC(C)(C)C)C3)c2)c1C1CC1. The van der Waals surface area contributed by atoms with Crippen LogP contribution in [0.1, 0.15) is 99.7 Å². The van der Waals surface area contributed by atoms with E-state index >= 15 is 0 Å². The number of nitrogens with zero attached hydrogens (tertiary/aromatic N) is 2. The Labute approximate surface area is 202 Å². The number of aromatic nitrogens is 2. The van der Waals surface area contributed by atoms with Crippen molar-refractivity contribution in [3.05, 3.63) is 47.3 Å². The van der Waals surface area contributed by atoms with Crippen LogP contribution in [0.2, 0.25) is 0 Å². The molecule has 0 aliphatic heterocycles. The molecule has 0 unspecified atom stereocenters. The Morgan fingerprint density at radius 1 is 1.15 bits per heavy atom. The van der Waals surface area contributed by atoms with E-state index in [0.717, 1.165) is 49.9 Å². The van der Waals surface area contributed by atoms with Gasteiger partial charge in [0.2, 0.25) is 0 Å². The summed E-state index contributed by atoms with van der Waals surface area (Å²) >= 11 is 0. The maximum atomic E-state index is 12.5. The zero-order valence-electron chi connectivity index (χ0n) is 20.8. The highest BCUT2D eigenvalue weighted by atomic mass is 16.6. The van der Waals surface area contributed by atoms with Crippen molar-refractivity contribution in [3.63, 3.8) is 0 Å². The van der Waals surface area contributed by atoms with Crippen molar-refractivity contribution < 1.29 is 19.1 Å². The summed E-state index contributed by atoms with van der Waals surface area (Å²) in [5, 5.41) is 7.53. The topological polar surface area (TPSA) is 82.5 Å². The standard InChI is InChI=1S/C27H37N3O4/c1-5-33-25(31)23-17-29-30(24(23)19-12-13-19)22-11-7-10-21(15-22)20-9-6-8-18(14-20)16-28-26(32)34-27(2,3)4/h7,10-11,15,17-20H,5-6,8-9,12-14,16H2,1-4H3,(H,28,32)/t18-,20+/m0/s1. The van der Waals surface area contributed by atoms with Gasteiger partial charge in [-0.15, -0.1) is 0 Å². The second-order valence-corrected chi connectivity index (χ2v) is 10.6. The van der Waals surface area contributed by atoms with Gasteiger partial charge in [-0.1, -0.05) is 18.6 Å². The average molecular weight is 468 g/mol. The van der Waals surface area contributed by atoms with Gasteiger partial charge in [0, 0.05) is 12.5 Å². The highest BCUT2D eigenvalue weighted by Crippen LogP contribution is 2.43. The molecule has 1 heterocycles. The molecule has 184 valence electrons. The molecular weight excluding hydrogens is 430 g/mol. The summed E-state index contributed by atoms with van der Waals surface area (Å²) in [4.78, 5) is 24.5. The summed E-state index contributed by atoms with van der Waals surface area (Å²) < 4.78 is 12.6. The van der Waals surface area contributed by atoms with Gasteiger partial charge < -0.3 is 14.8 Å². The van der Waals surface area contributed by atoms with Crippen LogP contribution in [0.4, 0.5) is 4.79 Å². The molecule has 2 saturated carbocycles. The van der Waals surface area contributed by atoms with Gasteiger partial charge in [-0.25, -0.2) is 14.3 Å². The number of hydrogen-bond acceptors (Lipinski definition) is 5. The van der Waals surface area contributed by atoms with Gasteiger partial charge in [-0.2, -0.15) is 5.10 Å². The molecule has 0 saturated heterocycles. The lowest BCUT2D eigenvalue weighted by atomic mass is 9.78. The molecule has 2 atom stereocenters. The molecule has 2 aliphatic rings. The Balaban J connectivity index is 1.47. The Bertz CT molecular complexity index is 1020. The summed E-state index contributed by atoms with van der Waals surface area (Å²) in [6.45, 7) is 8.44. The lowest BCUT2D eigenvalue weighted by molar-refractivity contribution is 0.0508. The third-order valence-corrected chi connectivity index (χ3v) is 6.57. The maximum Gasteiger partial charge on any atom is 0.407 e. The molecule has 1 N–H and O–H groups in total. The van der Waals surface area contributed by atoms with E-state index in [1.165, 1.54) is 5.56 Å². The molecule has 4 rings (SSSR count). The molecule has 7 heteroatoms. The van der Waals surface area contributed by atoms with Crippen molar-refractivity contribution in [2.75, 3.05) is 13.2 Å². The molecule has 0 bridgehead atoms. The highest BCUT2D eigenvalue weighted by molar-refractivity contribution is 5.91. The van der Waals surface area contributed by atoms with Gasteiger partial charge >= 0.3 is 12.1 Å². The summed E-state index contributed by atoms with van der Waals surface area (Å²) in [5.41, 5.74) is 3.34. The fraction of sp³-hybridized carbons (Fsp3) is 0.593. The number of nitrogens with one attached hydrogen (secondary N) is 1. The van der Waals surface area contributed by atoms with Crippen LogP contribution in [0, 0.1) is 5.92 Å². The molecule has 2 aromatic rings. The molecule has 0 spiro atoms. The van der Waals surface area contributed by atoms with Crippen molar-refractivity contribution in [2.45, 2.75) is 83.7 Å². The van der Waals surface area contributed by atoms with E-state index in [9.17, 15) is 9.59 Å². The Kier molecular flexibility index (Phi) is 7.29. The largest absolute Gasteiger partial charge is 0.462 e. The lowest BCUT2D eigenvalue weighted by Gasteiger charge is -2.30. The summed E-state index contributed by atoms with van der Waals surface area (Å²) in [7, 11) is 0. The predicted octanol–water partition coefficient (Wildman–Crippen LogP) is 5.72. The average Bonchev–Trinajstić information content (AvgIpc) is 3.54. The quantitative estimate of drug-likeness (QED) is 0.526. The summed E-state index contributed by atoms with van der Waals surface area (Å²) in [6.07, 6.45) is 7.87. The normalized spacial score (nSPS) is 20.6. The fourth-order valence-electron chi connectivity index (χ4n) is 4.91. The van der Waals surface area contributed by atoms with E-state index in [1.807, 2.05) is 32.4 Å². The molecule has 2 fully saturated rings. The molecule has 1 aromatic carbocycles. The van der Waals surface area contributed by atoms with E-state index in [0.29, 0.717) is 36.5 Å². The van der Waals surface area contributed by atoms with E-state index < -0.39 is 5.60 Å². The van der Waals surface area contributed by atoms with E-state index in [1.54, 1.807) is 6.20 Å². The first kappa shape index (κ1) is 24.3. The van der Waals surface area contributed by atoms with Crippen LogP contribution in [0.15, 0.2) is 30.5 Å². The minimum Gasteiger partial charge on any atom is -0.462 e. The van der Waals surface area contributed by atoms with E-state index in [-0.39, 0.29) is 12.1 Å². The molecule has 0 radical (unpaired) electrons. The molecule has 34 heavy (non-hydrogen) atoms. The molecule has 2 aliphatic carbocycles. The van der Waals surface area contributed by atoms with Crippen molar-refractivity contribution in [2.24, 2.45) is 5.92 Å². The van der Waals surface area contributed by atoms with Crippen LogP contribution in [0.25, 0.3) is 5.69 Å². The Morgan fingerprint density at radius 2 is 1.94 bits per heavy atom. The molecule has 1 amide bonds. The summed E-state index contributed by atoms with van der Waals surface area (Å²) in [6, 6.07) is 8.53. The van der Waals surface area contributed by atoms with Gasteiger partial charge in [0.15, 0.2) is 0 Å². The van der Waals surface area contributed by atoms with Crippen LogP contribution in [0.5, 0.6) is 0 Å². The Morgan fingerprint density at radius 3 is 2.65 bits per heavy atom. The third kappa shape index (κ3) is 5.99. The fourth-order valence-corrected chi connectivity index (χ4v) is 4.91. The van der Waals surface area contributed by atoms with E-state index in [2.05, 4.69) is 34.7 Å². The first-order valence-corrected chi connectivity index (χ1v) is 12.6. The molecule has 1 aromatic heterocycles. The van der Waals surface area contributed by atoms with Gasteiger partial charge in [0.05, 0.1) is 24.2 Å². The van der Waals surface area contributed by atoms with Crippen LogP contribution < -0.4 is 5.32 Å². The molecular formula is C27H37N3O4. The highest BCUT2D eigenvalue weighted by Gasteiger charge is 2.33. The van der Waals surface area contributed by atoms with Crippen LogP contribution in [-0.2, 0) is 9.47 Å². The van der Waals surface area contributed by atoms with Gasteiger partial charge in [0.25, 0.3) is 0 Å². The maximum absolute atomic E-state index is 12.5. The van der Waals surface area contributed by atoms with Gasteiger partial charge in [0.1, 0.15) is 11.2 Å². The zero-order chi connectivity index (χ0) is 24.3. The van der Waals surface area contributed by atoms with Crippen molar-refractivity contribution in [1.82, 2.24) is 15.1 Å². The number of benzene rings is 1. The second-order valence-electron chi connectivity index (χ2n) is 10.6. The predicted molar refractivity (Wildman–Crippen MR) is 130 cm³/mol. The molecule has 7 nitrogen and oxygen atoms in total. The minimum absolute atomic E-state index is 0.292. The van der Waals surface area contributed by atoms with Crippen LogP contribution in [0.3, 0.4) is 0 Å². The van der Waals surface area contributed by atoms with Crippen molar-refractivity contribution in [1.29, 1.82) is 0 Å². The first-order valence-electron chi connectivity index (χ1n) is 12.6. The van der Waals surface area contributed by atoms with Gasteiger partial charge in [-0.05, 0) is 89.3 Å². The number of ether oxygens (including phenoxy) is 2. The zero-order valence-corrected chi connectivity index (χ0v) is 20.8. The minimum atomic E-state index is -0.488. The van der Waals surface area contributed by atoms with Crippen molar-refractivity contribution in [3.8, 4) is 5.69 Å². The van der Waals surface area contributed by atoms with Gasteiger partial charge in [-0.3, -0.25) is 0 Å². The number of hydrogen-bond donors (Lipinski definition) is 1. The van der Waals surface area contributed by atoms with Crippen LogP contribution in [-0.4, -0.2) is 40.6 Å². The van der Waals surface area contributed by atoms with Crippen LogP contribution >= 0.6 is 0 Å². The van der Waals surface area contributed by atoms with E-state index in [4.69, 9.17) is 9.47 Å². The number of rotatable bonds is 7. The monoisotopic (exact) mass is 467 g/mol. The summed E-state index contributed by atoms with van der Waals surface area (Å²) in [5.74, 6) is 0.934. The second kappa shape index (κ2) is 10.2. The number of carbonyl (C=O) groups excluding carboxylic acids is 2. The third-order valence-electron chi connectivity index (χ3n) is 6.57. The Hall–Kier alpha value is -2.83. The van der Waals surface area contributed by atoms with Crippen molar-refractivity contribution >= 4 is 12.1 Å². The number of amides is 1.